The zero-order valence-corrected chi connectivity index (χ0v) is 11.6. The first-order chi connectivity index (χ1) is 8.26. The van der Waals surface area contributed by atoms with Crippen molar-refractivity contribution in [1.82, 2.24) is 5.32 Å². The fraction of sp³-hybridized carbons (Fsp3) is 0.625. The molecule has 1 aromatic carbocycles. The topological polar surface area (TPSA) is 12.0 Å². The minimum absolute atomic E-state index is 0.768. The van der Waals surface area contributed by atoms with E-state index in [1.807, 2.05) is 0 Å². The van der Waals surface area contributed by atoms with E-state index in [0.717, 1.165) is 18.4 Å². The van der Waals surface area contributed by atoms with Crippen LogP contribution in [0.5, 0.6) is 0 Å². The predicted molar refractivity (Wildman–Crippen MR) is 76.3 cm³/mol. The van der Waals surface area contributed by atoms with E-state index in [1.165, 1.54) is 31.2 Å². The van der Waals surface area contributed by atoms with Gasteiger partial charge in [0.2, 0.25) is 0 Å². The van der Waals surface area contributed by atoms with Gasteiger partial charge in [0.05, 0.1) is 0 Å². The van der Waals surface area contributed by atoms with Crippen LogP contribution in [-0.4, -0.2) is 13.6 Å². The van der Waals surface area contributed by atoms with Gasteiger partial charge in [0, 0.05) is 0 Å². The van der Waals surface area contributed by atoms with Gasteiger partial charge < -0.3 is 5.32 Å². The maximum atomic E-state index is 3.34. The molecule has 96 valence electrons. The van der Waals surface area contributed by atoms with Gasteiger partial charge in [-0.3, -0.25) is 0 Å². The average Bonchev–Trinajstić information content (AvgIpc) is 2.31. The molecule has 0 aromatic heterocycles. The Kier molecular flexibility index (Phi) is 6.95. The highest BCUT2D eigenvalue weighted by atomic mass is 14.8. The molecule has 2 unspecified atom stereocenters. The zero-order valence-electron chi connectivity index (χ0n) is 11.6. The molecule has 1 nitrogen and oxygen atoms in total. The smallest absolute Gasteiger partial charge is 0.00202 e. The lowest BCUT2D eigenvalue weighted by Gasteiger charge is -2.20. The van der Waals surface area contributed by atoms with E-state index in [2.05, 4.69) is 56.5 Å². The van der Waals surface area contributed by atoms with Crippen LogP contribution in [0.15, 0.2) is 30.3 Å². The molecule has 0 aliphatic carbocycles. The Morgan fingerprint density at radius 1 is 1.18 bits per heavy atom. The molecule has 17 heavy (non-hydrogen) atoms. The zero-order chi connectivity index (χ0) is 12.5. The summed E-state index contributed by atoms with van der Waals surface area (Å²) in [6.07, 6.45) is 5.20. The van der Waals surface area contributed by atoms with Crippen LogP contribution in [-0.2, 0) is 6.42 Å². The van der Waals surface area contributed by atoms with Crippen molar-refractivity contribution in [2.75, 3.05) is 13.6 Å². The van der Waals surface area contributed by atoms with E-state index in [1.54, 1.807) is 0 Å². The second kappa shape index (κ2) is 8.30. The molecular weight excluding hydrogens is 206 g/mol. The van der Waals surface area contributed by atoms with Crippen LogP contribution in [0.25, 0.3) is 0 Å². The first-order valence-electron chi connectivity index (χ1n) is 6.94. The second-order valence-corrected chi connectivity index (χ2v) is 5.24. The normalized spacial score (nSPS) is 14.5. The van der Waals surface area contributed by atoms with Crippen LogP contribution in [0.2, 0.25) is 0 Å². The summed E-state index contributed by atoms with van der Waals surface area (Å²) in [4.78, 5) is 0. The van der Waals surface area contributed by atoms with Crippen molar-refractivity contribution in [3.8, 4) is 0 Å². The van der Waals surface area contributed by atoms with Gasteiger partial charge in [-0.15, -0.1) is 0 Å². The summed E-state index contributed by atoms with van der Waals surface area (Å²) >= 11 is 0. The molecule has 0 aliphatic rings. The second-order valence-electron chi connectivity index (χ2n) is 5.24. The lowest BCUT2D eigenvalue weighted by atomic mass is 9.88. The largest absolute Gasteiger partial charge is 0.319 e. The van der Waals surface area contributed by atoms with Gasteiger partial charge in [-0.2, -0.15) is 0 Å². The molecular formula is C16H27N. The summed E-state index contributed by atoms with van der Waals surface area (Å²) in [5, 5.41) is 3.34. The Hall–Kier alpha value is -0.820. The van der Waals surface area contributed by atoms with E-state index in [9.17, 15) is 0 Å². The standard InChI is InChI=1S/C16H27N/c1-4-8-14(2)11-16(13-17-3)12-15-9-6-5-7-10-15/h5-7,9-10,14,16-17H,4,8,11-13H2,1-3H3. The molecule has 0 fully saturated rings. The minimum atomic E-state index is 0.768. The van der Waals surface area contributed by atoms with Crippen LogP contribution >= 0.6 is 0 Å². The van der Waals surface area contributed by atoms with Crippen molar-refractivity contribution in [1.29, 1.82) is 0 Å². The number of rotatable bonds is 8. The molecule has 0 aliphatic heterocycles. The molecule has 0 heterocycles. The summed E-state index contributed by atoms with van der Waals surface area (Å²) in [5.74, 6) is 1.62. The van der Waals surface area contributed by atoms with Gasteiger partial charge in [-0.1, -0.05) is 57.0 Å². The van der Waals surface area contributed by atoms with E-state index in [0.29, 0.717) is 0 Å². The third kappa shape index (κ3) is 5.88. The van der Waals surface area contributed by atoms with E-state index in [-0.39, 0.29) is 0 Å². The van der Waals surface area contributed by atoms with Gasteiger partial charge in [0.15, 0.2) is 0 Å². The molecule has 0 spiro atoms. The lowest BCUT2D eigenvalue weighted by molar-refractivity contribution is 0.361. The molecule has 1 aromatic rings. The molecule has 0 saturated heterocycles. The SMILES string of the molecule is CCCC(C)CC(CNC)Cc1ccccc1. The van der Waals surface area contributed by atoms with Gasteiger partial charge >= 0.3 is 0 Å². The van der Waals surface area contributed by atoms with Crippen LogP contribution in [0.4, 0.5) is 0 Å². The summed E-state index contributed by atoms with van der Waals surface area (Å²) in [6, 6.07) is 10.9. The number of hydrogen-bond donors (Lipinski definition) is 1. The molecule has 1 N–H and O–H groups in total. The van der Waals surface area contributed by atoms with Crippen LogP contribution in [0.1, 0.15) is 38.7 Å². The molecule has 0 radical (unpaired) electrons. The molecule has 1 rings (SSSR count). The Balaban J connectivity index is 2.48. The van der Waals surface area contributed by atoms with Gasteiger partial charge in [-0.25, -0.2) is 0 Å². The maximum Gasteiger partial charge on any atom is -0.00202 e. The van der Waals surface area contributed by atoms with Crippen LogP contribution in [0.3, 0.4) is 0 Å². The first-order valence-corrected chi connectivity index (χ1v) is 6.94. The molecule has 2 atom stereocenters. The van der Waals surface area contributed by atoms with Gasteiger partial charge in [0.25, 0.3) is 0 Å². The van der Waals surface area contributed by atoms with E-state index >= 15 is 0 Å². The fourth-order valence-corrected chi connectivity index (χ4v) is 2.65. The highest BCUT2D eigenvalue weighted by Gasteiger charge is 2.12. The Labute approximate surface area is 107 Å². The van der Waals surface area contributed by atoms with Crippen molar-refractivity contribution >= 4 is 0 Å². The summed E-state index contributed by atoms with van der Waals surface area (Å²) in [7, 11) is 2.06. The summed E-state index contributed by atoms with van der Waals surface area (Å²) in [6.45, 7) is 5.79. The molecule has 0 amide bonds. The number of nitrogens with one attached hydrogen (secondary N) is 1. The Morgan fingerprint density at radius 3 is 2.47 bits per heavy atom. The van der Waals surface area contributed by atoms with Crippen molar-refractivity contribution in [2.45, 2.75) is 39.5 Å². The quantitative estimate of drug-likeness (QED) is 0.718. The third-order valence-electron chi connectivity index (χ3n) is 3.38. The Bertz CT molecular complexity index is 281. The highest BCUT2D eigenvalue weighted by molar-refractivity contribution is 5.15. The fourth-order valence-electron chi connectivity index (χ4n) is 2.65. The van der Waals surface area contributed by atoms with Crippen molar-refractivity contribution in [3.63, 3.8) is 0 Å². The lowest BCUT2D eigenvalue weighted by Crippen LogP contribution is -2.22. The maximum absolute atomic E-state index is 3.34. The average molecular weight is 233 g/mol. The third-order valence-corrected chi connectivity index (χ3v) is 3.38. The Morgan fingerprint density at radius 2 is 1.88 bits per heavy atom. The predicted octanol–water partition coefficient (Wildman–Crippen LogP) is 3.89. The molecule has 0 saturated carbocycles. The minimum Gasteiger partial charge on any atom is -0.319 e. The number of benzene rings is 1. The van der Waals surface area contributed by atoms with Crippen molar-refractivity contribution in [3.05, 3.63) is 35.9 Å². The molecule has 1 heteroatoms. The van der Waals surface area contributed by atoms with E-state index in [4.69, 9.17) is 0 Å². The monoisotopic (exact) mass is 233 g/mol. The van der Waals surface area contributed by atoms with E-state index < -0.39 is 0 Å². The first kappa shape index (κ1) is 14.2. The van der Waals surface area contributed by atoms with Crippen molar-refractivity contribution < 1.29 is 0 Å². The van der Waals surface area contributed by atoms with Crippen molar-refractivity contribution in [2.24, 2.45) is 11.8 Å². The van der Waals surface area contributed by atoms with Gasteiger partial charge in [-0.05, 0) is 43.8 Å². The van der Waals surface area contributed by atoms with Gasteiger partial charge in [0.1, 0.15) is 0 Å². The molecule has 0 bridgehead atoms. The number of hydrogen-bond acceptors (Lipinski definition) is 1. The van der Waals surface area contributed by atoms with Crippen LogP contribution in [0, 0.1) is 11.8 Å². The summed E-state index contributed by atoms with van der Waals surface area (Å²) < 4.78 is 0. The highest BCUT2D eigenvalue weighted by Crippen LogP contribution is 2.20. The van der Waals surface area contributed by atoms with Crippen LogP contribution < -0.4 is 5.32 Å². The summed E-state index contributed by atoms with van der Waals surface area (Å²) in [5.41, 5.74) is 1.47.